The molecule has 0 saturated heterocycles. The molecule has 0 aliphatic rings. The van der Waals surface area contributed by atoms with E-state index in [1.165, 1.54) is 19.5 Å². The van der Waals surface area contributed by atoms with Crippen LogP contribution in [0.1, 0.15) is 21.6 Å². The van der Waals surface area contributed by atoms with Crippen LogP contribution in [-0.2, 0) is 4.74 Å². The van der Waals surface area contributed by atoms with Gasteiger partial charge in [0.15, 0.2) is 5.69 Å². The van der Waals surface area contributed by atoms with Gasteiger partial charge in [-0.15, -0.1) is 0 Å². The molecule has 0 fully saturated rings. The van der Waals surface area contributed by atoms with Crippen LogP contribution < -0.4 is 5.32 Å². The Bertz CT molecular complexity index is 692. The molecule has 2 rings (SSSR count). The van der Waals surface area contributed by atoms with Crippen LogP contribution in [0.4, 0.5) is 11.5 Å². The lowest BCUT2D eigenvalue weighted by molar-refractivity contribution is 0.0593. The lowest BCUT2D eigenvalue weighted by Crippen LogP contribution is -2.07. The van der Waals surface area contributed by atoms with Crippen molar-refractivity contribution in [2.45, 2.75) is 6.92 Å². The first-order valence-corrected chi connectivity index (χ1v) is 5.83. The van der Waals surface area contributed by atoms with Gasteiger partial charge in [-0.25, -0.2) is 9.78 Å². The fourth-order valence-corrected chi connectivity index (χ4v) is 1.69. The highest BCUT2D eigenvalue weighted by Crippen LogP contribution is 2.21. The Hall–Kier alpha value is -2.94. The molecule has 1 aromatic carbocycles. The van der Waals surface area contributed by atoms with E-state index in [2.05, 4.69) is 26.1 Å². The third kappa shape index (κ3) is 2.72. The first-order valence-electron chi connectivity index (χ1n) is 5.83. The van der Waals surface area contributed by atoms with Gasteiger partial charge in [-0.3, -0.25) is 4.98 Å². The molecule has 0 unspecified atom stereocenters. The zero-order valence-corrected chi connectivity index (χ0v) is 11.0. The Morgan fingerprint density at radius 1 is 1.40 bits per heavy atom. The monoisotopic (exact) mass is 268 g/mol. The van der Waals surface area contributed by atoms with E-state index in [1.807, 2.05) is 19.1 Å². The highest BCUT2D eigenvalue weighted by molar-refractivity contribution is 5.87. The van der Waals surface area contributed by atoms with Crippen molar-refractivity contribution in [2.75, 3.05) is 12.4 Å². The molecule has 6 heteroatoms. The molecule has 100 valence electrons. The second-order valence-electron chi connectivity index (χ2n) is 4.02. The summed E-state index contributed by atoms with van der Waals surface area (Å²) in [5, 5.41) is 12.1. The van der Waals surface area contributed by atoms with Gasteiger partial charge in [-0.1, -0.05) is 12.1 Å². The smallest absolute Gasteiger partial charge is 0.358 e. The Kier molecular flexibility index (Phi) is 3.91. The number of esters is 1. The number of anilines is 2. The fraction of sp³-hybridized carbons (Fsp3) is 0.143. The maximum atomic E-state index is 11.4. The molecule has 0 saturated carbocycles. The lowest BCUT2D eigenvalue weighted by Gasteiger charge is -2.09. The standard InChI is InChI=1S/C14H12N4O2/c1-9-4-3-5-11(10(9)6-15)17-13-8-16-7-12(18-13)14(19)20-2/h3-5,7-8H,1-2H3,(H,17,18). The zero-order chi connectivity index (χ0) is 14.5. The zero-order valence-electron chi connectivity index (χ0n) is 11.0. The van der Waals surface area contributed by atoms with Crippen LogP contribution in [0.15, 0.2) is 30.6 Å². The maximum absolute atomic E-state index is 11.4. The number of carbonyl (C=O) groups is 1. The van der Waals surface area contributed by atoms with E-state index < -0.39 is 5.97 Å². The van der Waals surface area contributed by atoms with Crippen LogP contribution >= 0.6 is 0 Å². The average Bonchev–Trinajstić information content (AvgIpc) is 2.47. The van der Waals surface area contributed by atoms with Gasteiger partial charge in [0.1, 0.15) is 11.9 Å². The third-order valence-corrected chi connectivity index (χ3v) is 2.68. The number of nitrogens with one attached hydrogen (secondary N) is 1. The molecule has 0 spiro atoms. The molecule has 0 aliphatic heterocycles. The van der Waals surface area contributed by atoms with Crippen molar-refractivity contribution in [3.8, 4) is 6.07 Å². The Morgan fingerprint density at radius 2 is 2.20 bits per heavy atom. The van der Waals surface area contributed by atoms with E-state index >= 15 is 0 Å². The SMILES string of the molecule is COC(=O)c1cncc(Nc2cccc(C)c2C#N)n1. The molecule has 6 nitrogen and oxygen atoms in total. The molecule has 0 bridgehead atoms. The van der Waals surface area contributed by atoms with Crippen molar-refractivity contribution < 1.29 is 9.53 Å². The van der Waals surface area contributed by atoms with Crippen LogP contribution in [-0.4, -0.2) is 23.0 Å². The van der Waals surface area contributed by atoms with Gasteiger partial charge in [0.2, 0.25) is 0 Å². The third-order valence-electron chi connectivity index (χ3n) is 2.68. The molecule has 1 heterocycles. The van der Waals surface area contributed by atoms with E-state index in [0.29, 0.717) is 17.1 Å². The van der Waals surface area contributed by atoms with E-state index in [0.717, 1.165) is 5.56 Å². The summed E-state index contributed by atoms with van der Waals surface area (Å²) >= 11 is 0. The predicted molar refractivity (Wildman–Crippen MR) is 72.5 cm³/mol. The van der Waals surface area contributed by atoms with Crippen LogP contribution in [0.5, 0.6) is 0 Å². The molecule has 0 aliphatic carbocycles. The summed E-state index contributed by atoms with van der Waals surface area (Å²) in [6.45, 7) is 1.85. The van der Waals surface area contributed by atoms with E-state index in [-0.39, 0.29) is 5.69 Å². The molecule has 20 heavy (non-hydrogen) atoms. The van der Waals surface area contributed by atoms with E-state index in [1.54, 1.807) is 6.07 Å². The summed E-state index contributed by atoms with van der Waals surface area (Å²) in [7, 11) is 1.28. The number of ether oxygens (including phenoxy) is 1. The van der Waals surface area contributed by atoms with Gasteiger partial charge in [0, 0.05) is 0 Å². The van der Waals surface area contributed by atoms with Crippen molar-refractivity contribution in [2.24, 2.45) is 0 Å². The van der Waals surface area contributed by atoms with Crippen LogP contribution in [0.3, 0.4) is 0 Å². The van der Waals surface area contributed by atoms with Gasteiger partial charge in [0.05, 0.1) is 30.8 Å². The number of benzene rings is 1. The minimum absolute atomic E-state index is 0.101. The molecule has 1 N–H and O–H groups in total. The van der Waals surface area contributed by atoms with Crippen molar-refractivity contribution in [3.63, 3.8) is 0 Å². The van der Waals surface area contributed by atoms with Crippen LogP contribution in [0.2, 0.25) is 0 Å². The van der Waals surface area contributed by atoms with Gasteiger partial charge in [-0.2, -0.15) is 5.26 Å². The molecule has 0 atom stereocenters. The minimum Gasteiger partial charge on any atom is -0.464 e. The summed E-state index contributed by atoms with van der Waals surface area (Å²) in [6, 6.07) is 7.57. The van der Waals surface area contributed by atoms with Crippen molar-refractivity contribution in [1.29, 1.82) is 5.26 Å². The molecule has 0 amide bonds. The number of carbonyl (C=O) groups excluding carboxylic acids is 1. The van der Waals surface area contributed by atoms with E-state index in [4.69, 9.17) is 5.26 Å². The Balaban J connectivity index is 2.34. The van der Waals surface area contributed by atoms with Crippen molar-refractivity contribution in [3.05, 3.63) is 47.4 Å². The normalized spacial score (nSPS) is 9.65. The van der Waals surface area contributed by atoms with E-state index in [9.17, 15) is 4.79 Å². The summed E-state index contributed by atoms with van der Waals surface area (Å²) in [5.74, 6) is -0.194. The van der Waals surface area contributed by atoms with Crippen molar-refractivity contribution >= 4 is 17.5 Å². The number of nitriles is 1. The number of hydrogen-bond acceptors (Lipinski definition) is 6. The molecule has 1 aromatic heterocycles. The molecular formula is C14H12N4O2. The highest BCUT2D eigenvalue weighted by Gasteiger charge is 2.10. The largest absolute Gasteiger partial charge is 0.464 e. The fourth-order valence-electron chi connectivity index (χ4n) is 1.69. The van der Waals surface area contributed by atoms with Crippen molar-refractivity contribution in [1.82, 2.24) is 9.97 Å². The Labute approximate surface area is 116 Å². The van der Waals surface area contributed by atoms with Crippen LogP contribution in [0.25, 0.3) is 0 Å². The lowest BCUT2D eigenvalue weighted by atomic mass is 10.1. The predicted octanol–water partition coefficient (Wildman–Crippen LogP) is 2.19. The summed E-state index contributed by atoms with van der Waals surface area (Å²) in [4.78, 5) is 19.4. The van der Waals surface area contributed by atoms with Gasteiger partial charge >= 0.3 is 5.97 Å². The number of rotatable bonds is 3. The van der Waals surface area contributed by atoms with Gasteiger partial charge in [0.25, 0.3) is 0 Å². The number of aromatic nitrogens is 2. The van der Waals surface area contributed by atoms with Crippen LogP contribution in [0, 0.1) is 18.3 Å². The molecular weight excluding hydrogens is 256 g/mol. The summed E-state index contributed by atoms with van der Waals surface area (Å²) < 4.78 is 4.58. The topological polar surface area (TPSA) is 87.9 Å². The first kappa shape index (κ1) is 13.5. The second kappa shape index (κ2) is 5.80. The maximum Gasteiger partial charge on any atom is 0.358 e. The number of aryl methyl sites for hydroxylation is 1. The summed E-state index contributed by atoms with van der Waals surface area (Å²) in [5.41, 5.74) is 2.10. The second-order valence-corrected chi connectivity index (χ2v) is 4.02. The Morgan fingerprint density at radius 3 is 2.90 bits per heavy atom. The first-order chi connectivity index (χ1) is 9.65. The van der Waals surface area contributed by atoms with Gasteiger partial charge in [-0.05, 0) is 18.6 Å². The summed E-state index contributed by atoms with van der Waals surface area (Å²) in [6.07, 6.45) is 2.79. The van der Waals surface area contributed by atoms with Gasteiger partial charge < -0.3 is 10.1 Å². The highest BCUT2D eigenvalue weighted by atomic mass is 16.5. The molecule has 0 radical (unpaired) electrons. The average molecular weight is 268 g/mol. The minimum atomic E-state index is -0.564. The number of methoxy groups -OCH3 is 1. The number of nitrogens with zero attached hydrogens (tertiary/aromatic N) is 3. The number of hydrogen-bond donors (Lipinski definition) is 1. The quantitative estimate of drug-likeness (QED) is 0.858. The molecule has 2 aromatic rings.